The average Bonchev–Trinajstić information content (AvgIpc) is 2.84. The Hall–Kier alpha value is -1.13. The molecule has 2 unspecified atom stereocenters. The maximum atomic E-state index is 13.6. The first-order chi connectivity index (χ1) is 9.45. The highest BCUT2D eigenvalue weighted by molar-refractivity contribution is 5.85. The molecule has 0 spiro atoms. The fourth-order valence-electron chi connectivity index (χ4n) is 2.77. The lowest BCUT2D eigenvalue weighted by Gasteiger charge is -2.24. The maximum Gasteiger partial charge on any atom is 0.225 e. The predicted octanol–water partition coefficient (Wildman–Crippen LogP) is 2.62. The molecule has 0 radical (unpaired) electrons. The molecule has 0 aromatic heterocycles. The summed E-state index contributed by atoms with van der Waals surface area (Å²) in [6.07, 6.45) is 1.39. The molecule has 0 saturated carbocycles. The van der Waals surface area contributed by atoms with E-state index in [1.54, 1.807) is 18.2 Å². The van der Waals surface area contributed by atoms with E-state index in [-0.39, 0.29) is 35.5 Å². The van der Waals surface area contributed by atoms with E-state index in [0.717, 1.165) is 13.0 Å². The van der Waals surface area contributed by atoms with Crippen molar-refractivity contribution in [1.29, 1.82) is 0 Å². The van der Waals surface area contributed by atoms with E-state index in [2.05, 4.69) is 6.92 Å². The zero-order chi connectivity index (χ0) is 14.8. The minimum absolute atomic E-state index is 0. The molecule has 1 aromatic rings. The molecule has 2 N–H and O–H groups in total. The van der Waals surface area contributed by atoms with Crippen LogP contribution in [0.25, 0.3) is 0 Å². The minimum atomic E-state index is -0.236. The minimum Gasteiger partial charge on any atom is -0.342 e. The van der Waals surface area contributed by atoms with Crippen molar-refractivity contribution in [3.63, 3.8) is 0 Å². The Morgan fingerprint density at radius 3 is 2.71 bits per heavy atom. The van der Waals surface area contributed by atoms with Gasteiger partial charge in [0.15, 0.2) is 0 Å². The van der Waals surface area contributed by atoms with E-state index >= 15 is 0 Å². The number of hydrogen-bond donors (Lipinski definition) is 1. The van der Waals surface area contributed by atoms with Crippen molar-refractivity contribution in [3.8, 4) is 0 Å². The van der Waals surface area contributed by atoms with Crippen LogP contribution in [-0.4, -0.2) is 30.4 Å². The zero-order valence-electron chi connectivity index (χ0n) is 12.6. The van der Waals surface area contributed by atoms with Crippen molar-refractivity contribution in [2.24, 2.45) is 17.1 Å². The van der Waals surface area contributed by atoms with E-state index in [1.165, 1.54) is 6.07 Å². The second-order valence-electron chi connectivity index (χ2n) is 6.22. The second-order valence-corrected chi connectivity index (χ2v) is 6.22. The lowest BCUT2D eigenvalue weighted by Crippen LogP contribution is -2.37. The van der Waals surface area contributed by atoms with Gasteiger partial charge in [-0.25, -0.2) is 4.39 Å². The zero-order valence-corrected chi connectivity index (χ0v) is 13.5. The molecule has 1 heterocycles. The van der Waals surface area contributed by atoms with Crippen LogP contribution in [0.1, 0.15) is 25.8 Å². The van der Waals surface area contributed by atoms with Gasteiger partial charge in [-0.05, 0) is 36.4 Å². The smallest absolute Gasteiger partial charge is 0.225 e. The molecule has 2 atom stereocenters. The molecule has 2 rings (SSSR count). The normalized spacial score (nSPS) is 22.8. The fraction of sp³-hybridized carbons (Fsp3) is 0.562. The van der Waals surface area contributed by atoms with E-state index < -0.39 is 0 Å². The first-order valence-corrected chi connectivity index (χ1v) is 7.17. The molecule has 1 aliphatic heterocycles. The Morgan fingerprint density at radius 2 is 2.14 bits per heavy atom. The van der Waals surface area contributed by atoms with Crippen LogP contribution in [0.4, 0.5) is 4.39 Å². The molecular formula is C16H24ClFN2O. The Morgan fingerprint density at radius 1 is 1.48 bits per heavy atom. The largest absolute Gasteiger partial charge is 0.342 e. The summed E-state index contributed by atoms with van der Waals surface area (Å²) in [6, 6.07) is 6.65. The van der Waals surface area contributed by atoms with Crippen molar-refractivity contribution in [2.75, 3.05) is 19.6 Å². The number of carbonyl (C=O) groups is 1. The third-order valence-electron chi connectivity index (χ3n) is 4.27. The molecule has 1 fully saturated rings. The monoisotopic (exact) mass is 314 g/mol. The standard InChI is InChI=1S/C16H23FN2O.ClH/c1-12(9-13-5-3-4-6-14(13)17)15(20)19-8-7-16(2,10-18)11-19;/h3-6,12H,7-11,18H2,1-2H3;1H. The van der Waals surface area contributed by atoms with Gasteiger partial charge in [0.1, 0.15) is 5.82 Å². The first-order valence-electron chi connectivity index (χ1n) is 7.17. The van der Waals surface area contributed by atoms with Gasteiger partial charge in [-0.1, -0.05) is 32.0 Å². The number of halogens is 2. The molecular weight excluding hydrogens is 291 g/mol. The summed E-state index contributed by atoms with van der Waals surface area (Å²) in [7, 11) is 0. The molecule has 21 heavy (non-hydrogen) atoms. The number of benzene rings is 1. The van der Waals surface area contributed by atoms with E-state index in [9.17, 15) is 9.18 Å². The van der Waals surface area contributed by atoms with Crippen LogP contribution < -0.4 is 5.73 Å². The molecule has 1 aliphatic rings. The summed E-state index contributed by atoms with van der Waals surface area (Å²) >= 11 is 0. The summed E-state index contributed by atoms with van der Waals surface area (Å²) in [4.78, 5) is 14.3. The molecule has 3 nitrogen and oxygen atoms in total. The molecule has 1 saturated heterocycles. The van der Waals surface area contributed by atoms with Crippen molar-refractivity contribution in [1.82, 2.24) is 4.90 Å². The molecule has 5 heteroatoms. The summed E-state index contributed by atoms with van der Waals surface area (Å²) in [5.74, 6) is -0.335. The molecule has 1 aromatic carbocycles. The van der Waals surface area contributed by atoms with Crippen molar-refractivity contribution in [2.45, 2.75) is 26.7 Å². The van der Waals surface area contributed by atoms with Crippen LogP contribution in [0, 0.1) is 17.2 Å². The molecule has 0 aliphatic carbocycles. The van der Waals surface area contributed by atoms with Crippen LogP contribution in [0.15, 0.2) is 24.3 Å². The van der Waals surface area contributed by atoms with Crippen LogP contribution >= 0.6 is 12.4 Å². The van der Waals surface area contributed by atoms with Gasteiger partial charge in [0, 0.05) is 19.0 Å². The number of hydrogen-bond acceptors (Lipinski definition) is 2. The van der Waals surface area contributed by atoms with Crippen LogP contribution in [0.5, 0.6) is 0 Å². The Labute approximate surface area is 132 Å². The van der Waals surface area contributed by atoms with Crippen molar-refractivity contribution in [3.05, 3.63) is 35.6 Å². The number of nitrogens with two attached hydrogens (primary N) is 1. The number of amides is 1. The Balaban J connectivity index is 0.00000220. The van der Waals surface area contributed by atoms with E-state index in [1.807, 2.05) is 11.8 Å². The summed E-state index contributed by atoms with van der Waals surface area (Å²) in [6.45, 7) is 6.05. The van der Waals surface area contributed by atoms with Gasteiger partial charge in [0.05, 0.1) is 0 Å². The Kier molecular flexibility index (Phi) is 6.17. The second kappa shape index (κ2) is 7.23. The van der Waals surface area contributed by atoms with Gasteiger partial charge < -0.3 is 10.6 Å². The highest BCUT2D eigenvalue weighted by atomic mass is 35.5. The number of carbonyl (C=O) groups excluding carboxylic acids is 1. The SMILES string of the molecule is CC(Cc1ccccc1F)C(=O)N1CCC(C)(CN)C1.Cl. The first kappa shape index (κ1) is 17.9. The number of rotatable bonds is 4. The average molecular weight is 315 g/mol. The van der Waals surface area contributed by atoms with Crippen molar-refractivity contribution >= 4 is 18.3 Å². The van der Waals surface area contributed by atoms with Gasteiger partial charge in [-0.3, -0.25) is 4.79 Å². The lowest BCUT2D eigenvalue weighted by atomic mass is 9.90. The van der Waals surface area contributed by atoms with Gasteiger partial charge in [-0.15, -0.1) is 12.4 Å². The Bertz CT molecular complexity index is 497. The molecule has 118 valence electrons. The van der Waals surface area contributed by atoms with E-state index in [0.29, 0.717) is 25.1 Å². The van der Waals surface area contributed by atoms with E-state index in [4.69, 9.17) is 5.73 Å². The third-order valence-corrected chi connectivity index (χ3v) is 4.27. The topological polar surface area (TPSA) is 46.3 Å². The highest BCUT2D eigenvalue weighted by Gasteiger charge is 2.36. The summed E-state index contributed by atoms with van der Waals surface area (Å²) in [5.41, 5.74) is 6.40. The predicted molar refractivity (Wildman–Crippen MR) is 84.9 cm³/mol. The van der Waals surface area contributed by atoms with Gasteiger partial charge in [0.2, 0.25) is 5.91 Å². The van der Waals surface area contributed by atoms with Crippen LogP contribution in [-0.2, 0) is 11.2 Å². The maximum absolute atomic E-state index is 13.6. The van der Waals surface area contributed by atoms with Gasteiger partial charge in [0.25, 0.3) is 0 Å². The van der Waals surface area contributed by atoms with Gasteiger partial charge in [-0.2, -0.15) is 0 Å². The van der Waals surface area contributed by atoms with Crippen LogP contribution in [0.3, 0.4) is 0 Å². The summed E-state index contributed by atoms with van der Waals surface area (Å²) in [5, 5.41) is 0. The third kappa shape index (κ3) is 4.17. The van der Waals surface area contributed by atoms with Gasteiger partial charge >= 0.3 is 0 Å². The quantitative estimate of drug-likeness (QED) is 0.928. The lowest BCUT2D eigenvalue weighted by molar-refractivity contribution is -0.134. The highest BCUT2D eigenvalue weighted by Crippen LogP contribution is 2.29. The number of likely N-dealkylation sites (tertiary alicyclic amines) is 1. The summed E-state index contributed by atoms with van der Waals surface area (Å²) < 4.78 is 13.6. The fourth-order valence-corrected chi connectivity index (χ4v) is 2.77. The molecule has 0 bridgehead atoms. The molecule has 1 amide bonds. The van der Waals surface area contributed by atoms with Crippen molar-refractivity contribution < 1.29 is 9.18 Å². The number of nitrogens with zero attached hydrogens (tertiary/aromatic N) is 1. The van der Waals surface area contributed by atoms with Crippen LogP contribution in [0.2, 0.25) is 0 Å².